The molecule has 0 saturated heterocycles. The number of nitrogens with zero attached hydrogens (tertiary/aromatic N) is 3. The fraction of sp³-hybridized carbons (Fsp3) is 0.250. The highest BCUT2D eigenvalue weighted by Gasteiger charge is 2.17. The number of hydrogen-bond donors (Lipinski definition) is 2. The first-order valence-corrected chi connectivity index (χ1v) is 5.69. The van der Waals surface area contributed by atoms with E-state index in [2.05, 4.69) is 10.4 Å². The topological polar surface area (TPSA) is 94.9 Å². The Labute approximate surface area is 109 Å². The maximum absolute atomic E-state index is 12.0. The number of carbonyl (C=O) groups is 1. The first kappa shape index (κ1) is 13.0. The third-order valence-corrected chi connectivity index (χ3v) is 2.72. The van der Waals surface area contributed by atoms with Crippen molar-refractivity contribution in [1.29, 1.82) is 0 Å². The largest absolute Gasteiger partial charge is 0.323 e. The van der Waals surface area contributed by atoms with E-state index < -0.39 is 6.04 Å². The van der Waals surface area contributed by atoms with E-state index in [1.807, 2.05) is 0 Å². The molecule has 1 amide bonds. The Kier molecular flexibility index (Phi) is 3.48. The number of pyridine rings is 1. The molecule has 0 aliphatic heterocycles. The second kappa shape index (κ2) is 5.07. The zero-order chi connectivity index (χ0) is 14.0. The Hall–Kier alpha value is -2.41. The predicted molar refractivity (Wildman–Crippen MR) is 70.4 cm³/mol. The lowest BCUT2D eigenvalue weighted by molar-refractivity contribution is -0.117. The van der Waals surface area contributed by atoms with Crippen LogP contribution in [0.25, 0.3) is 0 Å². The maximum atomic E-state index is 12.0. The minimum absolute atomic E-state index is 0.144. The molecule has 3 N–H and O–H groups in total. The molecule has 0 saturated carbocycles. The van der Waals surface area contributed by atoms with Gasteiger partial charge in [-0.15, -0.1) is 0 Å². The molecule has 0 bridgehead atoms. The van der Waals surface area contributed by atoms with Crippen molar-refractivity contribution in [3.05, 3.63) is 46.6 Å². The molecule has 2 aromatic rings. The summed E-state index contributed by atoms with van der Waals surface area (Å²) in [5, 5.41) is 6.62. The Morgan fingerprint density at radius 1 is 1.37 bits per heavy atom. The van der Waals surface area contributed by atoms with E-state index in [4.69, 9.17) is 5.73 Å². The zero-order valence-corrected chi connectivity index (χ0v) is 10.7. The van der Waals surface area contributed by atoms with Gasteiger partial charge in [-0.3, -0.25) is 14.3 Å². The number of aromatic nitrogens is 3. The van der Waals surface area contributed by atoms with Crippen molar-refractivity contribution in [2.45, 2.75) is 6.04 Å². The van der Waals surface area contributed by atoms with Crippen LogP contribution in [0, 0.1) is 0 Å². The average Bonchev–Trinajstić information content (AvgIpc) is 2.79. The van der Waals surface area contributed by atoms with Crippen LogP contribution in [0.3, 0.4) is 0 Å². The van der Waals surface area contributed by atoms with Gasteiger partial charge in [-0.1, -0.05) is 0 Å². The highest BCUT2D eigenvalue weighted by Crippen LogP contribution is 2.12. The van der Waals surface area contributed by atoms with Crippen LogP contribution < -0.4 is 16.6 Å². The Bertz CT molecular complexity index is 658. The van der Waals surface area contributed by atoms with E-state index in [1.165, 1.54) is 22.9 Å². The number of anilines is 1. The van der Waals surface area contributed by atoms with Crippen molar-refractivity contribution in [2.75, 3.05) is 5.32 Å². The SMILES string of the molecule is Cn1cc(C(N)C(=O)Nc2ccc(=O)n(C)c2)cn1. The van der Waals surface area contributed by atoms with E-state index in [-0.39, 0.29) is 11.5 Å². The number of nitrogens with one attached hydrogen (secondary N) is 1. The number of aryl methyl sites for hydroxylation is 2. The van der Waals surface area contributed by atoms with Gasteiger partial charge in [-0.25, -0.2) is 0 Å². The molecule has 7 nitrogen and oxygen atoms in total. The van der Waals surface area contributed by atoms with Gasteiger partial charge in [0.25, 0.3) is 0 Å². The molecule has 0 fully saturated rings. The average molecular weight is 261 g/mol. The third-order valence-electron chi connectivity index (χ3n) is 2.72. The minimum atomic E-state index is -0.800. The van der Waals surface area contributed by atoms with Crippen molar-refractivity contribution in [1.82, 2.24) is 14.3 Å². The standard InChI is InChI=1S/C12H15N5O2/c1-16-7-9(3-4-10(16)18)15-12(19)11(13)8-5-14-17(2)6-8/h3-7,11H,13H2,1-2H3,(H,15,19). The quantitative estimate of drug-likeness (QED) is 0.797. The number of rotatable bonds is 3. The highest BCUT2D eigenvalue weighted by atomic mass is 16.2. The monoisotopic (exact) mass is 261 g/mol. The van der Waals surface area contributed by atoms with E-state index in [0.29, 0.717) is 11.3 Å². The molecular weight excluding hydrogens is 246 g/mol. The van der Waals surface area contributed by atoms with Crippen LogP contribution in [0.1, 0.15) is 11.6 Å². The van der Waals surface area contributed by atoms with Crippen LogP contribution in [-0.4, -0.2) is 20.3 Å². The molecule has 2 heterocycles. The van der Waals surface area contributed by atoms with E-state index in [1.54, 1.807) is 31.2 Å². The van der Waals surface area contributed by atoms with Crippen LogP contribution in [-0.2, 0) is 18.9 Å². The fourth-order valence-electron chi connectivity index (χ4n) is 1.64. The highest BCUT2D eigenvalue weighted by molar-refractivity contribution is 5.95. The molecule has 0 radical (unpaired) electrons. The van der Waals surface area contributed by atoms with Crippen molar-refractivity contribution in [3.8, 4) is 0 Å². The van der Waals surface area contributed by atoms with Crippen LogP contribution >= 0.6 is 0 Å². The first-order valence-electron chi connectivity index (χ1n) is 5.69. The number of nitrogens with two attached hydrogens (primary N) is 1. The summed E-state index contributed by atoms with van der Waals surface area (Å²) < 4.78 is 2.96. The van der Waals surface area contributed by atoms with E-state index in [9.17, 15) is 9.59 Å². The van der Waals surface area contributed by atoms with Gasteiger partial charge < -0.3 is 15.6 Å². The lowest BCUT2D eigenvalue weighted by Gasteiger charge is -2.11. The van der Waals surface area contributed by atoms with Crippen LogP contribution in [0.4, 0.5) is 5.69 Å². The molecular formula is C12H15N5O2. The van der Waals surface area contributed by atoms with Crippen LogP contribution in [0.15, 0.2) is 35.5 Å². The minimum Gasteiger partial charge on any atom is -0.323 e. The van der Waals surface area contributed by atoms with Gasteiger partial charge in [0.1, 0.15) is 6.04 Å². The predicted octanol–water partition coefficient (Wildman–Crippen LogP) is -0.243. The summed E-state index contributed by atoms with van der Waals surface area (Å²) >= 11 is 0. The van der Waals surface area contributed by atoms with Gasteiger partial charge in [0.05, 0.1) is 11.9 Å². The summed E-state index contributed by atoms with van der Waals surface area (Å²) in [5.41, 5.74) is 6.84. The molecule has 0 spiro atoms. The zero-order valence-electron chi connectivity index (χ0n) is 10.7. The molecule has 1 atom stereocenters. The fourth-order valence-corrected chi connectivity index (χ4v) is 1.64. The normalized spacial score (nSPS) is 12.2. The maximum Gasteiger partial charge on any atom is 0.250 e. The molecule has 0 aliphatic rings. The van der Waals surface area contributed by atoms with Crippen LogP contribution in [0.5, 0.6) is 0 Å². The molecule has 100 valence electrons. The molecule has 1 unspecified atom stereocenters. The summed E-state index contributed by atoms with van der Waals surface area (Å²) in [4.78, 5) is 23.2. The molecule has 0 aromatic carbocycles. The number of carbonyl (C=O) groups excluding carboxylic acids is 1. The summed E-state index contributed by atoms with van der Waals surface area (Å²) in [6.07, 6.45) is 4.77. The summed E-state index contributed by atoms with van der Waals surface area (Å²) in [7, 11) is 3.36. The van der Waals surface area contributed by atoms with Gasteiger partial charge in [0.2, 0.25) is 11.5 Å². The second-order valence-electron chi connectivity index (χ2n) is 4.28. The van der Waals surface area contributed by atoms with E-state index in [0.717, 1.165) is 0 Å². The van der Waals surface area contributed by atoms with Crippen molar-refractivity contribution < 1.29 is 4.79 Å². The van der Waals surface area contributed by atoms with Crippen LogP contribution in [0.2, 0.25) is 0 Å². The number of amides is 1. The molecule has 2 aromatic heterocycles. The van der Waals surface area contributed by atoms with Crippen molar-refractivity contribution in [3.63, 3.8) is 0 Å². The molecule has 0 aliphatic carbocycles. The lowest BCUT2D eigenvalue weighted by Crippen LogP contribution is -2.28. The molecule has 19 heavy (non-hydrogen) atoms. The van der Waals surface area contributed by atoms with Gasteiger partial charge in [0.15, 0.2) is 0 Å². The Balaban J connectivity index is 2.12. The Morgan fingerprint density at radius 3 is 2.68 bits per heavy atom. The van der Waals surface area contributed by atoms with E-state index >= 15 is 0 Å². The lowest BCUT2D eigenvalue weighted by atomic mass is 10.1. The molecule has 7 heteroatoms. The summed E-state index contributed by atoms with van der Waals surface area (Å²) in [6, 6.07) is 2.12. The van der Waals surface area contributed by atoms with Gasteiger partial charge in [0, 0.05) is 38.1 Å². The summed E-state index contributed by atoms with van der Waals surface area (Å²) in [5.74, 6) is -0.355. The van der Waals surface area contributed by atoms with Crippen molar-refractivity contribution in [2.24, 2.45) is 19.8 Å². The van der Waals surface area contributed by atoms with Gasteiger partial charge >= 0.3 is 0 Å². The smallest absolute Gasteiger partial charge is 0.250 e. The molecule has 2 rings (SSSR count). The Morgan fingerprint density at radius 2 is 2.11 bits per heavy atom. The summed E-state index contributed by atoms with van der Waals surface area (Å²) in [6.45, 7) is 0. The third kappa shape index (κ3) is 2.89. The van der Waals surface area contributed by atoms with Gasteiger partial charge in [-0.05, 0) is 6.07 Å². The van der Waals surface area contributed by atoms with Gasteiger partial charge in [-0.2, -0.15) is 5.10 Å². The number of hydrogen-bond acceptors (Lipinski definition) is 4. The second-order valence-corrected chi connectivity index (χ2v) is 4.28. The first-order chi connectivity index (χ1) is 8.97. The van der Waals surface area contributed by atoms with Crippen molar-refractivity contribution >= 4 is 11.6 Å².